The van der Waals surface area contributed by atoms with E-state index < -0.39 is 0 Å². The van der Waals surface area contributed by atoms with Crippen LogP contribution in [0.1, 0.15) is 5.56 Å². The molecule has 0 bridgehead atoms. The Hall–Kier alpha value is -3.27. The fourth-order valence-corrected chi connectivity index (χ4v) is 3.24. The van der Waals surface area contributed by atoms with Crippen LogP contribution >= 0.6 is 0 Å². The Kier molecular flexibility index (Phi) is 4.32. The van der Waals surface area contributed by atoms with Gasteiger partial charge in [0, 0.05) is 29.2 Å². The van der Waals surface area contributed by atoms with Crippen LogP contribution in [0.25, 0.3) is 33.3 Å². The average molecular weight is 360 g/mol. The molecule has 0 aliphatic carbocycles. The van der Waals surface area contributed by atoms with E-state index in [0.717, 1.165) is 22.2 Å². The van der Waals surface area contributed by atoms with Crippen LogP contribution < -0.4 is 5.32 Å². The van der Waals surface area contributed by atoms with Crippen molar-refractivity contribution < 1.29 is 8.78 Å². The number of hydrogen-bond acceptors (Lipinski definition) is 2. The van der Waals surface area contributed by atoms with E-state index in [1.807, 2.05) is 50.4 Å². The van der Waals surface area contributed by atoms with Gasteiger partial charge < -0.3 is 5.32 Å². The number of nitrogens with zero attached hydrogens (tertiary/aromatic N) is 1. The van der Waals surface area contributed by atoms with Gasteiger partial charge in [-0.15, -0.1) is 0 Å². The fraction of sp³-hybridized carbons (Fsp3) is 0.0870. The highest BCUT2D eigenvalue weighted by molar-refractivity contribution is 5.85. The van der Waals surface area contributed by atoms with Crippen molar-refractivity contribution in [1.29, 1.82) is 0 Å². The molecule has 1 N–H and O–H groups in total. The number of aryl methyl sites for hydroxylation is 1. The first kappa shape index (κ1) is 17.2. The first-order chi connectivity index (χ1) is 13.0. The first-order valence-electron chi connectivity index (χ1n) is 8.70. The molecule has 4 rings (SSSR count). The summed E-state index contributed by atoms with van der Waals surface area (Å²) < 4.78 is 28.2. The number of aromatic nitrogens is 1. The third-order valence-corrected chi connectivity index (χ3v) is 4.73. The number of hydrogen-bond donors (Lipinski definition) is 1. The van der Waals surface area contributed by atoms with E-state index >= 15 is 0 Å². The molecule has 134 valence electrons. The van der Waals surface area contributed by atoms with Crippen LogP contribution in [0.2, 0.25) is 0 Å². The maximum absolute atomic E-state index is 14.8. The van der Waals surface area contributed by atoms with E-state index in [1.54, 1.807) is 12.1 Å². The smallest absolute Gasteiger partial charge is 0.131 e. The molecule has 0 spiro atoms. The van der Waals surface area contributed by atoms with Crippen molar-refractivity contribution in [2.24, 2.45) is 0 Å². The predicted molar refractivity (Wildman–Crippen MR) is 107 cm³/mol. The maximum Gasteiger partial charge on any atom is 0.131 e. The van der Waals surface area contributed by atoms with Crippen molar-refractivity contribution in [2.45, 2.75) is 6.92 Å². The van der Waals surface area contributed by atoms with Gasteiger partial charge in [-0.2, -0.15) is 0 Å². The van der Waals surface area contributed by atoms with Crippen molar-refractivity contribution >= 4 is 16.6 Å². The van der Waals surface area contributed by atoms with Crippen molar-refractivity contribution in [3.63, 3.8) is 0 Å². The SMILES string of the molecule is CNc1ccc(-c2ccc(-c3cc(C)c4cc(F)ccc4n3)cc2F)cc1. The van der Waals surface area contributed by atoms with E-state index in [-0.39, 0.29) is 11.6 Å². The third kappa shape index (κ3) is 3.26. The monoisotopic (exact) mass is 360 g/mol. The van der Waals surface area contributed by atoms with Crippen LogP contribution in [-0.2, 0) is 0 Å². The summed E-state index contributed by atoms with van der Waals surface area (Å²) in [5, 5.41) is 3.81. The number of rotatable bonds is 3. The van der Waals surface area contributed by atoms with Gasteiger partial charge in [-0.3, -0.25) is 0 Å². The molecule has 3 aromatic carbocycles. The minimum atomic E-state index is -0.302. The molecule has 2 nitrogen and oxygen atoms in total. The summed E-state index contributed by atoms with van der Waals surface area (Å²) in [6.45, 7) is 1.90. The zero-order valence-corrected chi connectivity index (χ0v) is 15.1. The van der Waals surface area contributed by atoms with Gasteiger partial charge in [-0.1, -0.05) is 24.3 Å². The van der Waals surface area contributed by atoms with Crippen LogP contribution in [0.3, 0.4) is 0 Å². The lowest BCUT2D eigenvalue weighted by Gasteiger charge is -2.10. The summed E-state index contributed by atoms with van der Waals surface area (Å²) in [6, 6.07) is 19.1. The molecular weight excluding hydrogens is 342 g/mol. The summed E-state index contributed by atoms with van der Waals surface area (Å²) in [5.74, 6) is -0.594. The molecule has 0 atom stereocenters. The number of halogens is 2. The van der Waals surface area contributed by atoms with Crippen molar-refractivity contribution in [2.75, 3.05) is 12.4 Å². The Balaban J connectivity index is 1.75. The Morgan fingerprint density at radius 1 is 0.815 bits per heavy atom. The summed E-state index contributed by atoms with van der Waals surface area (Å²) in [6.07, 6.45) is 0. The van der Waals surface area contributed by atoms with Gasteiger partial charge in [-0.05, 0) is 60.5 Å². The quantitative estimate of drug-likeness (QED) is 0.471. The van der Waals surface area contributed by atoms with Gasteiger partial charge >= 0.3 is 0 Å². The fourth-order valence-electron chi connectivity index (χ4n) is 3.24. The first-order valence-corrected chi connectivity index (χ1v) is 8.70. The van der Waals surface area contributed by atoms with E-state index in [4.69, 9.17) is 0 Å². The Labute approximate surface area is 156 Å². The number of benzene rings is 3. The predicted octanol–water partition coefficient (Wildman–Crippen LogP) is 6.20. The highest BCUT2D eigenvalue weighted by atomic mass is 19.1. The molecule has 0 radical (unpaired) electrons. The normalized spacial score (nSPS) is 11.0. The van der Waals surface area contributed by atoms with E-state index in [2.05, 4.69) is 10.3 Å². The second kappa shape index (κ2) is 6.80. The maximum atomic E-state index is 14.8. The minimum absolute atomic E-state index is 0.292. The molecule has 0 saturated heterocycles. The van der Waals surface area contributed by atoms with E-state index in [9.17, 15) is 8.78 Å². The molecule has 1 heterocycles. The molecule has 27 heavy (non-hydrogen) atoms. The second-order valence-corrected chi connectivity index (χ2v) is 6.51. The van der Waals surface area contributed by atoms with Crippen LogP contribution in [0, 0.1) is 18.6 Å². The molecular formula is C23H18F2N2. The zero-order valence-electron chi connectivity index (χ0n) is 15.1. The Bertz CT molecular complexity index is 1140. The number of fused-ring (bicyclic) bond motifs is 1. The minimum Gasteiger partial charge on any atom is -0.388 e. The average Bonchev–Trinajstić information content (AvgIpc) is 2.68. The number of nitrogens with one attached hydrogen (secondary N) is 1. The lowest BCUT2D eigenvalue weighted by molar-refractivity contribution is 0.629. The highest BCUT2D eigenvalue weighted by Crippen LogP contribution is 2.30. The van der Waals surface area contributed by atoms with E-state index in [0.29, 0.717) is 22.3 Å². The van der Waals surface area contributed by atoms with Crippen LogP contribution in [0.4, 0.5) is 14.5 Å². The molecule has 0 fully saturated rings. The topological polar surface area (TPSA) is 24.9 Å². The molecule has 0 amide bonds. The molecule has 1 aromatic heterocycles. The molecule has 0 aliphatic heterocycles. The summed E-state index contributed by atoms with van der Waals surface area (Å²) in [7, 11) is 1.84. The number of anilines is 1. The summed E-state index contributed by atoms with van der Waals surface area (Å²) in [5.41, 5.74) is 5.29. The van der Waals surface area contributed by atoms with Crippen molar-refractivity contribution in [1.82, 2.24) is 4.98 Å². The van der Waals surface area contributed by atoms with Crippen molar-refractivity contribution in [3.05, 3.63) is 83.9 Å². The highest BCUT2D eigenvalue weighted by Gasteiger charge is 2.10. The largest absolute Gasteiger partial charge is 0.388 e. The van der Waals surface area contributed by atoms with Crippen LogP contribution in [-0.4, -0.2) is 12.0 Å². The zero-order chi connectivity index (χ0) is 19.0. The van der Waals surface area contributed by atoms with Gasteiger partial charge in [0.2, 0.25) is 0 Å². The van der Waals surface area contributed by atoms with E-state index in [1.165, 1.54) is 18.2 Å². The van der Waals surface area contributed by atoms with Crippen molar-refractivity contribution in [3.8, 4) is 22.4 Å². The van der Waals surface area contributed by atoms with Gasteiger partial charge in [0.1, 0.15) is 11.6 Å². The van der Waals surface area contributed by atoms with Crippen LogP contribution in [0.15, 0.2) is 66.7 Å². The second-order valence-electron chi connectivity index (χ2n) is 6.51. The lowest BCUT2D eigenvalue weighted by atomic mass is 10.00. The molecule has 0 unspecified atom stereocenters. The Morgan fingerprint density at radius 2 is 1.56 bits per heavy atom. The van der Waals surface area contributed by atoms with Gasteiger partial charge in [0.25, 0.3) is 0 Å². The van der Waals surface area contributed by atoms with Gasteiger partial charge in [-0.25, -0.2) is 13.8 Å². The molecule has 4 aromatic rings. The number of pyridine rings is 1. The third-order valence-electron chi connectivity index (χ3n) is 4.73. The van der Waals surface area contributed by atoms with Crippen LogP contribution in [0.5, 0.6) is 0 Å². The summed E-state index contributed by atoms with van der Waals surface area (Å²) in [4.78, 5) is 4.57. The standard InChI is InChI=1S/C23H18F2N2/c1-14-11-23(27-22-10-6-17(24)13-20(14)22)16-5-9-19(21(25)12-16)15-3-7-18(26-2)8-4-15/h3-13,26H,1-2H3. The molecule has 0 saturated carbocycles. The lowest BCUT2D eigenvalue weighted by Crippen LogP contribution is -1.92. The molecule has 0 aliphatic rings. The van der Waals surface area contributed by atoms with Gasteiger partial charge in [0.05, 0.1) is 11.2 Å². The molecule has 4 heteroatoms. The summed E-state index contributed by atoms with van der Waals surface area (Å²) >= 11 is 0. The van der Waals surface area contributed by atoms with Gasteiger partial charge in [0.15, 0.2) is 0 Å². The Morgan fingerprint density at radius 3 is 2.26 bits per heavy atom.